The molecule has 0 aliphatic heterocycles. The van der Waals surface area contributed by atoms with Gasteiger partial charge in [-0.2, -0.15) is 0 Å². The number of rotatable bonds is 4. The Bertz CT molecular complexity index is 574. The highest BCUT2D eigenvalue weighted by atomic mass is 35.5. The smallest absolute Gasteiger partial charge is 0.150 e. The van der Waals surface area contributed by atoms with Gasteiger partial charge in [-0.1, -0.05) is 35.9 Å². The van der Waals surface area contributed by atoms with Crippen LogP contribution in [0.1, 0.15) is 24.2 Å². The van der Waals surface area contributed by atoms with Crippen molar-refractivity contribution in [3.63, 3.8) is 0 Å². The minimum Gasteiger partial charge on any atom is -0.491 e. The van der Waals surface area contributed by atoms with Crippen LogP contribution in [0.15, 0.2) is 42.5 Å². The average molecular weight is 275 g/mol. The summed E-state index contributed by atoms with van der Waals surface area (Å²) in [6, 6.07) is 13.0. The van der Waals surface area contributed by atoms with Crippen molar-refractivity contribution in [3.05, 3.63) is 53.1 Å². The van der Waals surface area contributed by atoms with E-state index in [1.165, 1.54) is 0 Å². The molecule has 0 atom stereocenters. The Morgan fingerprint density at radius 2 is 1.79 bits per heavy atom. The zero-order valence-corrected chi connectivity index (χ0v) is 11.6. The molecule has 0 unspecified atom stereocenters. The van der Waals surface area contributed by atoms with Gasteiger partial charge in [0, 0.05) is 16.1 Å². The molecule has 19 heavy (non-hydrogen) atoms. The lowest BCUT2D eigenvalue weighted by molar-refractivity contribution is 0.112. The molecule has 0 heterocycles. The Balaban J connectivity index is 2.29. The first-order valence-electron chi connectivity index (χ1n) is 6.12. The van der Waals surface area contributed by atoms with Gasteiger partial charge in [0.1, 0.15) is 12.0 Å². The SMILES string of the molecule is CC(C)Oc1ccc(-c2ccc(C=O)cc2Cl)cc1. The van der Waals surface area contributed by atoms with Crippen molar-refractivity contribution < 1.29 is 9.53 Å². The number of benzene rings is 2. The normalized spacial score (nSPS) is 10.5. The van der Waals surface area contributed by atoms with Crippen molar-refractivity contribution in [1.29, 1.82) is 0 Å². The van der Waals surface area contributed by atoms with Crippen LogP contribution in [0.4, 0.5) is 0 Å². The summed E-state index contributed by atoms with van der Waals surface area (Å²) in [6.07, 6.45) is 0.941. The van der Waals surface area contributed by atoms with Crippen molar-refractivity contribution in [2.24, 2.45) is 0 Å². The van der Waals surface area contributed by atoms with Crippen molar-refractivity contribution >= 4 is 17.9 Å². The van der Waals surface area contributed by atoms with Crippen LogP contribution in [0.2, 0.25) is 5.02 Å². The molecule has 2 aromatic carbocycles. The quantitative estimate of drug-likeness (QED) is 0.761. The summed E-state index contributed by atoms with van der Waals surface area (Å²) < 4.78 is 5.59. The van der Waals surface area contributed by atoms with Crippen LogP contribution in [0, 0.1) is 0 Å². The zero-order valence-electron chi connectivity index (χ0n) is 10.9. The van der Waals surface area contributed by atoms with Crippen molar-refractivity contribution in [1.82, 2.24) is 0 Å². The molecule has 3 heteroatoms. The Labute approximate surface area is 118 Å². The lowest BCUT2D eigenvalue weighted by Gasteiger charge is -2.10. The predicted molar refractivity (Wildman–Crippen MR) is 78.0 cm³/mol. The van der Waals surface area contributed by atoms with Crippen LogP contribution in [0.3, 0.4) is 0 Å². The maximum atomic E-state index is 10.7. The maximum Gasteiger partial charge on any atom is 0.150 e. The highest BCUT2D eigenvalue weighted by molar-refractivity contribution is 6.33. The van der Waals surface area contributed by atoms with Gasteiger partial charge >= 0.3 is 0 Å². The van der Waals surface area contributed by atoms with Gasteiger partial charge in [0.15, 0.2) is 0 Å². The minimum atomic E-state index is 0.154. The fourth-order valence-corrected chi connectivity index (χ4v) is 2.12. The van der Waals surface area contributed by atoms with Crippen LogP contribution in [-0.4, -0.2) is 12.4 Å². The highest BCUT2D eigenvalue weighted by Crippen LogP contribution is 2.29. The molecule has 0 amide bonds. The predicted octanol–water partition coefficient (Wildman–Crippen LogP) is 4.61. The van der Waals surface area contributed by atoms with Crippen LogP contribution in [0.5, 0.6) is 5.75 Å². The molecule has 0 aromatic heterocycles. The summed E-state index contributed by atoms with van der Waals surface area (Å²) in [5.74, 6) is 0.833. The topological polar surface area (TPSA) is 26.3 Å². The fraction of sp³-hybridized carbons (Fsp3) is 0.188. The second kappa shape index (κ2) is 5.89. The fourth-order valence-electron chi connectivity index (χ4n) is 1.82. The summed E-state index contributed by atoms with van der Waals surface area (Å²) >= 11 is 6.18. The van der Waals surface area contributed by atoms with Crippen molar-refractivity contribution in [3.8, 4) is 16.9 Å². The van der Waals surface area contributed by atoms with Gasteiger partial charge in [-0.15, -0.1) is 0 Å². The van der Waals surface area contributed by atoms with Crippen LogP contribution >= 0.6 is 11.6 Å². The number of hydrogen-bond acceptors (Lipinski definition) is 2. The molecule has 98 valence electrons. The van der Waals surface area contributed by atoms with E-state index >= 15 is 0 Å². The standard InChI is InChI=1S/C16H15ClO2/c1-11(2)19-14-6-4-13(5-7-14)15-8-3-12(10-18)9-16(15)17/h3-11H,1-2H3. The molecule has 0 saturated carbocycles. The molecule has 2 rings (SSSR count). The third kappa shape index (κ3) is 3.36. The van der Waals surface area contributed by atoms with E-state index in [-0.39, 0.29) is 6.10 Å². The van der Waals surface area contributed by atoms with Gasteiger partial charge < -0.3 is 4.74 Å². The molecule has 0 radical (unpaired) electrons. The van der Waals surface area contributed by atoms with Gasteiger partial charge in [0.25, 0.3) is 0 Å². The van der Waals surface area contributed by atoms with Crippen LogP contribution in [-0.2, 0) is 0 Å². The number of carbonyl (C=O) groups is 1. The van der Waals surface area contributed by atoms with Crippen LogP contribution in [0.25, 0.3) is 11.1 Å². The Morgan fingerprint density at radius 3 is 2.32 bits per heavy atom. The van der Waals surface area contributed by atoms with Gasteiger partial charge in [0.2, 0.25) is 0 Å². The molecule has 0 aliphatic rings. The molecule has 2 aromatic rings. The van der Waals surface area contributed by atoms with Gasteiger partial charge in [0.05, 0.1) is 6.10 Å². The highest BCUT2D eigenvalue weighted by Gasteiger charge is 2.05. The number of carbonyl (C=O) groups excluding carboxylic acids is 1. The molecule has 0 bridgehead atoms. The van der Waals surface area contributed by atoms with Gasteiger partial charge in [-0.3, -0.25) is 4.79 Å². The van der Waals surface area contributed by atoms with Gasteiger partial charge in [-0.25, -0.2) is 0 Å². The largest absolute Gasteiger partial charge is 0.491 e. The Hall–Kier alpha value is -1.80. The van der Waals surface area contributed by atoms with E-state index < -0.39 is 0 Å². The monoisotopic (exact) mass is 274 g/mol. The minimum absolute atomic E-state index is 0.154. The number of aldehydes is 1. The maximum absolute atomic E-state index is 10.7. The molecule has 0 spiro atoms. The lowest BCUT2D eigenvalue weighted by atomic mass is 10.0. The number of ether oxygens (including phenoxy) is 1. The lowest BCUT2D eigenvalue weighted by Crippen LogP contribution is -2.05. The van der Waals surface area contributed by atoms with E-state index in [0.717, 1.165) is 23.2 Å². The molecule has 0 N–H and O–H groups in total. The molecule has 2 nitrogen and oxygen atoms in total. The first-order chi connectivity index (χ1) is 9.10. The Kier molecular flexibility index (Phi) is 4.23. The second-order valence-electron chi connectivity index (χ2n) is 4.55. The number of halogens is 1. The molecular formula is C16H15ClO2. The van der Waals surface area contributed by atoms with E-state index in [9.17, 15) is 4.79 Å². The second-order valence-corrected chi connectivity index (χ2v) is 4.96. The number of hydrogen-bond donors (Lipinski definition) is 0. The first kappa shape index (κ1) is 13.6. The zero-order chi connectivity index (χ0) is 13.8. The van der Waals surface area contributed by atoms with E-state index in [2.05, 4.69) is 0 Å². The summed E-state index contributed by atoms with van der Waals surface area (Å²) in [7, 11) is 0. The summed E-state index contributed by atoms with van der Waals surface area (Å²) in [4.78, 5) is 10.7. The van der Waals surface area contributed by atoms with Crippen molar-refractivity contribution in [2.75, 3.05) is 0 Å². The Morgan fingerprint density at radius 1 is 1.11 bits per heavy atom. The summed E-state index contributed by atoms with van der Waals surface area (Å²) in [6.45, 7) is 3.98. The summed E-state index contributed by atoms with van der Waals surface area (Å²) in [5, 5.41) is 0.571. The molecule has 0 aliphatic carbocycles. The summed E-state index contributed by atoms with van der Waals surface area (Å²) in [5.41, 5.74) is 2.48. The molecule has 0 saturated heterocycles. The third-order valence-electron chi connectivity index (χ3n) is 2.67. The van der Waals surface area contributed by atoms with E-state index in [0.29, 0.717) is 10.6 Å². The van der Waals surface area contributed by atoms with Gasteiger partial charge in [-0.05, 0) is 37.6 Å². The van der Waals surface area contributed by atoms with E-state index in [4.69, 9.17) is 16.3 Å². The van der Waals surface area contributed by atoms with Crippen molar-refractivity contribution in [2.45, 2.75) is 20.0 Å². The molecule has 0 fully saturated rings. The van der Waals surface area contributed by atoms with E-state index in [1.54, 1.807) is 12.1 Å². The third-order valence-corrected chi connectivity index (χ3v) is 2.98. The van der Waals surface area contributed by atoms with E-state index in [1.807, 2.05) is 44.2 Å². The molecular weight excluding hydrogens is 260 g/mol. The first-order valence-corrected chi connectivity index (χ1v) is 6.50. The average Bonchev–Trinajstić information content (AvgIpc) is 2.39. The van der Waals surface area contributed by atoms with Crippen LogP contribution < -0.4 is 4.74 Å².